The number of aromatic nitrogens is 2. The first-order chi connectivity index (χ1) is 14.6. The van der Waals surface area contributed by atoms with Crippen molar-refractivity contribution in [2.45, 2.75) is 17.7 Å². The highest BCUT2D eigenvalue weighted by Crippen LogP contribution is 2.28. The first-order valence-electron chi connectivity index (χ1n) is 9.92. The lowest BCUT2D eigenvalue weighted by Gasteiger charge is -2.32. The van der Waals surface area contributed by atoms with E-state index in [0.29, 0.717) is 11.6 Å². The number of rotatable bonds is 5. The molecule has 0 aliphatic carbocycles. The van der Waals surface area contributed by atoms with Crippen LogP contribution < -0.4 is 10.2 Å². The zero-order chi connectivity index (χ0) is 20.9. The maximum Gasteiger partial charge on any atom is 0.229 e. The number of piperidine rings is 1. The van der Waals surface area contributed by atoms with Crippen molar-refractivity contribution in [3.63, 3.8) is 0 Å². The molecule has 2 heterocycles. The van der Waals surface area contributed by atoms with Crippen LogP contribution in [0.3, 0.4) is 0 Å². The van der Waals surface area contributed by atoms with Crippen molar-refractivity contribution in [3.8, 4) is 11.3 Å². The van der Waals surface area contributed by atoms with E-state index in [1.54, 1.807) is 11.8 Å². The molecule has 1 amide bonds. The quantitative estimate of drug-likeness (QED) is 0.542. The molecule has 1 aromatic heterocycles. The Kier molecular flexibility index (Phi) is 6.55. The van der Waals surface area contributed by atoms with E-state index in [1.165, 1.54) is 0 Å². The van der Waals surface area contributed by atoms with Gasteiger partial charge in [-0.05, 0) is 55.5 Å². The van der Waals surface area contributed by atoms with Gasteiger partial charge in [0.25, 0.3) is 0 Å². The molecule has 4 rings (SSSR count). The molecular formula is C23H23ClN4OS. The van der Waals surface area contributed by atoms with Crippen molar-refractivity contribution in [2.24, 2.45) is 5.92 Å². The fourth-order valence-corrected chi connectivity index (χ4v) is 4.33. The number of halogens is 1. The Morgan fingerprint density at radius 2 is 1.90 bits per heavy atom. The fraction of sp³-hybridized carbons (Fsp3) is 0.261. The largest absolute Gasteiger partial charge is 0.354 e. The van der Waals surface area contributed by atoms with E-state index < -0.39 is 0 Å². The van der Waals surface area contributed by atoms with E-state index in [1.807, 2.05) is 66.9 Å². The second kappa shape index (κ2) is 9.49. The molecule has 0 radical (unpaired) electrons. The molecule has 1 saturated heterocycles. The molecule has 2 aromatic carbocycles. The summed E-state index contributed by atoms with van der Waals surface area (Å²) in [7, 11) is 0. The van der Waals surface area contributed by atoms with Gasteiger partial charge in [-0.3, -0.25) is 4.79 Å². The number of nitrogens with zero attached hydrogens (tertiary/aromatic N) is 3. The van der Waals surface area contributed by atoms with Crippen LogP contribution in [0, 0.1) is 5.92 Å². The van der Waals surface area contributed by atoms with Crippen LogP contribution in [0.2, 0.25) is 5.02 Å². The van der Waals surface area contributed by atoms with E-state index in [0.717, 1.165) is 47.0 Å². The zero-order valence-electron chi connectivity index (χ0n) is 16.7. The molecule has 30 heavy (non-hydrogen) atoms. The van der Waals surface area contributed by atoms with Crippen LogP contribution in [0.1, 0.15) is 12.8 Å². The number of hydrogen-bond acceptors (Lipinski definition) is 5. The van der Waals surface area contributed by atoms with Crippen molar-refractivity contribution in [1.29, 1.82) is 0 Å². The molecule has 1 N–H and O–H groups in total. The number of para-hydroxylation sites is 1. The summed E-state index contributed by atoms with van der Waals surface area (Å²) in [4.78, 5) is 16.1. The molecule has 7 heteroatoms. The highest BCUT2D eigenvalue weighted by molar-refractivity contribution is 7.98. The summed E-state index contributed by atoms with van der Waals surface area (Å²) in [5.41, 5.74) is 2.65. The molecule has 1 fully saturated rings. The van der Waals surface area contributed by atoms with Gasteiger partial charge in [0.05, 0.1) is 17.3 Å². The van der Waals surface area contributed by atoms with Crippen molar-refractivity contribution in [1.82, 2.24) is 10.2 Å². The normalized spacial score (nSPS) is 16.3. The Morgan fingerprint density at radius 1 is 1.10 bits per heavy atom. The lowest BCUT2D eigenvalue weighted by Crippen LogP contribution is -2.41. The van der Waals surface area contributed by atoms with Crippen LogP contribution in [0.4, 0.5) is 11.5 Å². The molecular weight excluding hydrogens is 416 g/mol. The van der Waals surface area contributed by atoms with Crippen LogP contribution in [-0.4, -0.2) is 35.4 Å². The Bertz CT molecular complexity index is 1010. The van der Waals surface area contributed by atoms with E-state index >= 15 is 0 Å². The van der Waals surface area contributed by atoms with Gasteiger partial charge in [0.15, 0.2) is 5.82 Å². The third kappa shape index (κ3) is 4.77. The molecule has 0 spiro atoms. The van der Waals surface area contributed by atoms with E-state index in [9.17, 15) is 4.79 Å². The fourth-order valence-electron chi connectivity index (χ4n) is 3.65. The van der Waals surface area contributed by atoms with Crippen molar-refractivity contribution in [3.05, 3.63) is 65.7 Å². The second-order valence-electron chi connectivity index (χ2n) is 7.26. The number of hydrogen-bond donors (Lipinski definition) is 1. The van der Waals surface area contributed by atoms with Gasteiger partial charge in [0.2, 0.25) is 5.91 Å². The summed E-state index contributed by atoms with van der Waals surface area (Å²) in [5.74, 6) is 0.785. The minimum absolute atomic E-state index is 0.0620. The third-order valence-corrected chi connectivity index (χ3v) is 6.32. The van der Waals surface area contributed by atoms with Crippen LogP contribution in [-0.2, 0) is 4.79 Å². The van der Waals surface area contributed by atoms with Crippen molar-refractivity contribution in [2.75, 3.05) is 29.6 Å². The van der Waals surface area contributed by atoms with Crippen LogP contribution in [0.25, 0.3) is 11.3 Å². The van der Waals surface area contributed by atoms with Crippen LogP contribution in [0.15, 0.2) is 65.6 Å². The van der Waals surface area contributed by atoms with E-state index in [2.05, 4.69) is 20.4 Å². The van der Waals surface area contributed by atoms with Gasteiger partial charge in [0, 0.05) is 28.6 Å². The number of anilines is 2. The minimum Gasteiger partial charge on any atom is -0.354 e. The lowest BCUT2D eigenvalue weighted by molar-refractivity contribution is -0.120. The van der Waals surface area contributed by atoms with Crippen molar-refractivity contribution < 1.29 is 4.79 Å². The number of amides is 1. The second-order valence-corrected chi connectivity index (χ2v) is 8.54. The lowest BCUT2D eigenvalue weighted by atomic mass is 9.97. The van der Waals surface area contributed by atoms with Gasteiger partial charge in [-0.1, -0.05) is 35.9 Å². The molecule has 5 nitrogen and oxygen atoms in total. The maximum absolute atomic E-state index is 12.9. The Morgan fingerprint density at radius 3 is 2.63 bits per heavy atom. The van der Waals surface area contributed by atoms with Gasteiger partial charge in [0.1, 0.15) is 0 Å². The number of benzene rings is 2. The smallest absolute Gasteiger partial charge is 0.229 e. The Labute approximate surface area is 185 Å². The predicted octanol–water partition coefficient (Wildman–Crippen LogP) is 5.37. The summed E-state index contributed by atoms with van der Waals surface area (Å²) < 4.78 is 0. The topological polar surface area (TPSA) is 58.1 Å². The van der Waals surface area contributed by atoms with Crippen molar-refractivity contribution >= 4 is 40.8 Å². The summed E-state index contributed by atoms with van der Waals surface area (Å²) in [6.07, 6.45) is 3.84. The first-order valence-corrected chi connectivity index (χ1v) is 11.5. The molecule has 3 aromatic rings. The highest BCUT2D eigenvalue weighted by Gasteiger charge is 2.27. The molecule has 0 saturated carbocycles. The van der Waals surface area contributed by atoms with E-state index in [-0.39, 0.29) is 11.8 Å². The summed E-state index contributed by atoms with van der Waals surface area (Å²) in [6.45, 7) is 1.52. The monoisotopic (exact) mass is 438 g/mol. The molecule has 1 atom stereocenters. The van der Waals surface area contributed by atoms with Crippen LogP contribution >= 0.6 is 23.4 Å². The Balaban J connectivity index is 1.43. The third-order valence-electron chi connectivity index (χ3n) is 5.27. The Hall–Kier alpha value is -2.57. The number of nitrogens with one attached hydrogen (secondary N) is 1. The summed E-state index contributed by atoms with van der Waals surface area (Å²) in [6, 6.07) is 19.4. The van der Waals surface area contributed by atoms with Gasteiger partial charge in [-0.2, -0.15) is 0 Å². The van der Waals surface area contributed by atoms with E-state index in [4.69, 9.17) is 11.6 Å². The van der Waals surface area contributed by atoms with Gasteiger partial charge >= 0.3 is 0 Å². The first kappa shape index (κ1) is 20.7. The van der Waals surface area contributed by atoms with Crippen LogP contribution in [0.5, 0.6) is 0 Å². The highest BCUT2D eigenvalue weighted by atomic mass is 35.5. The molecule has 1 aliphatic heterocycles. The SMILES string of the molecule is CSc1ccccc1NC(=O)C1CCCN(c2ccc(-c3ccc(Cl)cc3)nn2)C1. The van der Waals surface area contributed by atoms with Gasteiger partial charge in [-0.15, -0.1) is 22.0 Å². The predicted molar refractivity (Wildman–Crippen MR) is 124 cm³/mol. The summed E-state index contributed by atoms with van der Waals surface area (Å²) >= 11 is 7.59. The van der Waals surface area contributed by atoms with Gasteiger partial charge in [-0.25, -0.2) is 0 Å². The number of thioether (sulfide) groups is 1. The maximum atomic E-state index is 12.9. The average molecular weight is 439 g/mol. The standard InChI is InChI=1S/C23H23ClN4OS/c1-30-21-7-3-2-6-20(21)25-23(29)17-5-4-14-28(15-17)22-13-12-19(26-27-22)16-8-10-18(24)11-9-16/h2-3,6-13,17H,4-5,14-15H2,1H3,(H,25,29). The number of carbonyl (C=O) groups excluding carboxylic acids is 1. The summed E-state index contributed by atoms with van der Waals surface area (Å²) in [5, 5.41) is 12.6. The zero-order valence-corrected chi connectivity index (χ0v) is 18.3. The molecule has 154 valence electrons. The van der Waals surface area contributed by atoms with Gasteiger partial charge < -0.3 is 10.2 Å². The number of carbonyl (C=O) groups is 1. The molecule has 1 unspecified atom stereocenters. The molecule has 1 aliphatic rings. The molecule has 0 bridgehead atoms. The minimum atomic E-state index is -0.0774. The average Bonchev–Trinajstić information content (AvgIpc) is 2.80.